The van der Waals surface area contributed by atoms with E-state index in [-0.39, 0.29) is 11.9 Å². The van der Waals surface area contributed by atoms with Crippen molar-refractivity contribution in [1.29, 1.82) is 0 Å². The summed E-state index contributed by atoms with van der Waals surface area (Å²) in [6.07, 6.45) is 8.66. The maximum absolute atomic E-state index is 13.9. The van der Waals surface area contributed by atoms with Gasteiger partial charge in [0.25, 0.3) is 0 Å². The van der Waals surface area contributed by atoms with Crippen molar-refractivity contribution >= 4 is 5.91 Å². The van der Waals surface area contributed by atoms with Gasteiger partial charge in [0.1, 0.15) is 6.17 Å². The molecule has 2 aliphatic rings. The average molecular weight is 334 g/mol. The van der Waals surface area contributed by atoms with Crippen molar-refractivity contribution in [3.63, 3.8) is 0 Å². The summed E-state index contributed by atoms with van der Waals surface area (Å²) in [6.45, 7) is 1.61. The Bertz CT molecular complexity index is 598. The van der Waals surface area contributed by atoms with Gasteiger partial charge in [0.2, 0.25) is 5.91 Å². The Morgan fingerprint density at radius 3 is 3.04 bits per heavy atom. The van der Waals surface area contributed by atoms with Crippen LogP contribution in [0.2, 0.25) is 0 Å². The van der Waals surface area contributed by atoms with Gasteiger partial charge in [-0.25, -0.2) is 4.39 Å². The number of alkyl halides is 1. The number of rotatable bonds is 6. The fourth-order valence-electron chi connectivity index (χ4n) is 3.66. The Hall–Kier alpha value is -1.69. The molecule has 1 aliphatic heterocycles. The number of nitrogens with zero attached hydrogens (tertiary/aromatic N) is 3. The van der Waals surface area contributed by atoms with Crippen LogP contribution in [0.15, 0.2) is 23.9 Å². The maximum Gasteiger partial charge on any atom is 0.224 e. The SMILES string of the molecule is Cn1nccc1CN1C[C@@H](F)C[C@H]1CNC(=O)CC1=CCCCC1. The van der Waals surface area contributed by atoms with Crippen molar-refractivity contribution < 1.29 is 9.18 Å². The van der Waals surface area contributed by atoms with Crippen molar-refractivity contribution in [2.24, 2.45) is 7.05 Å². The molecule has 1 aromatic heterocycles. The highest BCUT2D eigenvalue weighted by atomic mass is 19.1. The second kappa shape index (κ2) is 7.92. The monoisotopic (exact) mass is 334 g/mol. The van der Waals surface area contributed by atoms with Crippen LogP contribution in [-0.4, -0.2) is 45.9 Å². The van der Waals surface area contributed by atoms with E-state index in [1.54, 1.807) is 6.20 Å². The summed E-state index contributed by atoms with van der Waals surface area (Å²) in [7, 11) is 1.90. The van der Waals surface area contributed by atoms with E-state index in [2.05, 4.69) is 21.4 Å². The molecule has 0 bridgehead atoms. The Morgan fingerprint density at radius 2 is 2.33 bits per heavy atom. The van der Waals surface area contributed by atoms with Crippen molar-refractivity contribution in [3.8, 4) is 0 Å². The number of nitrogens with one attached hydrogen (secondary N) is 1. The fourth-order valence-corrected chi connectivity index (χ4v) is 3.66. The van der Waals surface area contributed by atoms with Gasteiger partial charge in [0.15, 0.2) is 0 Å². The van der Waals surface area contributed by atoms with Crippen LogP contribution in [-0.2, 0) is 18.4 Å². The van der Waals surface area contributed by atoms with E-state index in [1.807, 2.05) is 17.8 Å². The summed E-state index contributed by atoms with van der Waals surface area (Å²) >= 11 is 0. The highest BCUT2D eigenvalue weighted by molar-refractivity contribution is 5.78. The van der Waals surface area contributed by atoms with E-state index in [9.17, 15) is 9.18 Å². The van der Waals surface area contributed by atoms with Crippen molar-refractivity contribution in [3.05, 3.63) is 29.6 Å². The number of aryl methyl sites for hydroxylation is 1. The molecule has 0 unspecified atom stereocenters. The predicted molar refractivity (Wildman–Crippen MR) is 91.1 cm³/mol. The van der Waals surface area contributed by atoms with Crippen LogP contribution in [0.25, 0.3) is 0 Å². The zero-order valence-corrected chi connectivity index (χ0v) is 14.4. The molecular formula is C18H27FN4O. The summed E-state index contributed by atoms with van der Waals surface area (Å²) in [4.78, 5) is 14.3. The molecule has 1 N–H and O–H groups in total. The Morgan fingerprint density at radius 1 is 1.46 bits per heavy atom. The van der Waals surface area contributed by atoms with Gasteiger partial charge >= 0.3 is 0 Å². The average Bonchev–Trinajstić information content (AvgIpc) is 3.12. The number of hydrogen-bond acceptors (Lipinski definition) is 3. The number of hydrogen-bond donors (Lipinski definition) is 1. The third-order valence-electron chi connectivity index (χ3n) is 5.07. The molecule has 6 heteroatoms. The summed E-state index contributed by atoms with van der Waals surface area (Å²) in [5.41, 5.74) is 2.31. The number of allylic oxidation sites excluding steroid dienone is 1. The van der Waals surface area contributed by atoms with Gasteiger partial charge in [-0.2, -0.15) is 5.10 Å². The van der Waals surface area contributed by atoms with Gasteiger partial charge in [-0.15, -0.1) is 0 Å². The van der Waals surface area contributed by atoms with Gasteiger partial charge in [-0.3, -0.25) is 14.4 Å². The largest absolute Gasteiger partial charge is 0.354 e. The lowest BCUT2D eigenvalue weighted by atomic mass is 9.97. The van der Waals surface area contributed by atoms with E-state index in [0.29, 0.717) is 32.5 Å². The highest BCUT2D eigenvalue weighted by Crippen LogP contribution is 2.23. The van der Waals surface area contributed by atoms with Crippen LogP contribution in [0.5, 0.6) is 0 Å². The minimum Gasteiger partial charge on any atom is -0.354 e. The number of halogens is 1. The normalized spacial score (nSPS) is 24.8. The second-order valence-corrected chi connectivity index (χ2v) is 6.95. The van der Waals surface area contributed by atoms with Gasteiger partial charge in [0.05, 0.1) is 5.69 Å². The second-order valence-electron chi connectivity index (χ2n) is 6.95. The fraction of sp³-hybridized carbons (Fsp3) is 0.667. The van der Waals surface area contributed by atoms with Crippen molar-refractivity contribution in [2.75, 3.05) is 13.1 Å². The molecule has 1 saturated heterocycles. The zero-order chi connectivity index (χ0) is 16.9. The van der Waals surface area contributed by atoms with Gasteiger partial charge in [-0.1, -0.05) is 11.6 Å². The van der Waals surface area contributed by atoms with Crippen molar-refractivity contribution in [1.82, 2.24) is 20.0 Å². The third-order valence-corrected chi connectivity index (χ3v) is 5.07. The van der Waals surface area contributed by atoms with Crippen LogP contribution in [0.1, 0.15) is 44.2 Å². The smallest absolute Gasteiger partial charge is 0.224 e. The van der Waals surface area contributed by atoms with Crippen LogP contribution in [0, 0.1) is 0 Å². The molecule has 132 valence electrons. The lowest BCUT2D eigenvalue weighted by Gasteiger charge is -2.24. The molecule has 1 aliphatic carbocycles. The van der Waals surface area contributed by atoms with Gasteiger partial charge in [0, 0.05) is 45.3 Å². The van der Waals surface area contributed by atoms with Crippen LogP contribution in [0.4, 0.5) is 4.39 Å². The van der Waals surface area contributed by atoms with E-state index < -0.39 is 6.17 Å². The van der Waals surface area contributed by atoms with Gasteiger partial charge in [-0.05, 0) is 38.2 Å². The molecule has 1 aromatic rings. The third kappa shape index (κ3) is 4.44. The summed E-state index contributed by atoms with van der Waals surface area (Å²) < 4.78 is 15.7. The minimum atomic E-state index is -0.818. The molecule has 2 heterocycles. The molecule has 0 saturated carbocycles. The first-order chi connectivity index (χ1) is 11.6. The molecule has 3 rings (SSSR count). The zero-order valence-electron chi connectivity index (χ0n) is 14.4. The maximum atomic E-state index is 13.9. The van der Waals surface area contributed by atoms with Crippen LogP contribution < -0.4 is 5.32 Å². The molecule has 2 atom stereocenters. The minimum absolute atomic E-state index is 0.0548. The molecular weight excluding hydrogens is 307 g/mol. The van der Waals surface area contributed by atoms with Crippen LogP contribution >= 0.6 is 0 Å². The first-order valence-corrected chi connectivity index (χ1v) is 8.91. The molecule has 24 heavy (non-hydrogen) atoms. The van der Waals surface area contributed by atoms with Crippen molar-refractivity contribution in [2.45, 2.75) is 57.3 Å². The molecule has 1 amide bonds. The molecule has 0 aromatic carbocycles. The highest BCUT2D eigenvalue weighted by Gasteiger charge is 2.32. The lowest BCUT2D eigenvalue weighted by molar-refractivity contribution is -0.120. The lowest BCUT2D eigenvalue weighted by Crippen LogP contribution is -2.40. The molecule has 5 nitrogen and oxygen atoms in total. The Balaban J connectivity index is 1.50. The summed E-state index contributed by atoms with van der Waals surface area (Å²) in [5.74, 6) is 0.0611. The summed E-state index contributed by atoms with van der Waals surface area (Å²) in [6, 6.07) is 2.01. The number of carbonyl (C=O) groups is 1. The first kappa shape index (κ1) is 17.1. The van der Waals surface area contributed by atoms with E-state index in [1.165, 1.54) is 18.4 Å². The number of likely N-dealkylation sites (tertiary alicyclic amines) is 1. The molecule has 0 radical (unpaired) electrons. The summed E-state index contributed by atoms with van der Waals surface area (Å²) in [5, 5.41) is 7.17. The van der Waals surface area contributed by atoms with E-state index in [0.717, 1.165) is 18.5 Å². The standard InChI is InChI=1S/C18H27FN4O/c1-22-16(7-8-21-22)13-23-12-15(19)10-17(23)11-20-18(24)9-14-5-3-2-4-6-14/h5,7-8,15,17H,2-4,6,9-13H2,1H3,(H,20,24)/t15-,17-/m0/s1. The molecule has 0 spiro atoms. The molecule has 1 fully saturated rings. The van der Waals surface area contributed by atoms with E-state index in [4.69, 9.17) is 0 Å². The Labute approximate surface area is 142 Å². The van der Waals surface area contributed by atoms with Crippen LogP contribution in [0.3, 0.4) is 0 Å². The number of amides is 1. The Kier molecular flexibility index (Phi) is 5.66. The first-order valence-electron chi connectivity index (χ1n) is 8.91. The van der Waals surface area contributed by atoms with Gasteiger partial charge < -0.3 is 5.32 Å². The number of carbonyl (C=O) groups excluding carboxylic acids is 1. The number of aromatic nitrogens is 2. The topological polar surface area (TPSA) is 50.2 Å². The van der Waals surface area contributed by atoms with E-state index >= 15 is 0 Å². The quantitative estimate of drug-likeness (QED) is 0.813. The predicted octanol–water partition coefficient (Wildman–Crippen LogP) is 2.34.